The molecule has 0 bridgehead atoms. The second kappa shape index (κ2) is 5.00. The molecule has 0 radical (unpaired) electrons. The molecule has 0 aliphatic carbocycles. The minimum absolute atomic E-state index is 0.0310. The zero-order valence-electron chi connectivity index (χ0n) is 10.1. The highest BCUT2D eigenvalue weighted by atomic mass is 19.1. The van der Waals surface area contributed by atoms with Crippen LogP contribution in [0.2, 0.25) is 0 Å². The summed E-state index contributed by atoms with van der Waals surface area (Å²) >= 11 is 0. The molecule has 2 rings (SSSR count). The van der Waals surface area contributed by atoms with Crippen molar-refractivity contribution in [2.75, 3.05) is 0 Å². The van der Waals surface area contributed by atoms with Gasteiger partial charge in [0.15, 0.2) is 11.5 Å². The molecule has 0 saturated carbocycles. The molecule has 5 heteroatoms. The summed E-state index contributed by atoms with van der Waals surface area (Å²) in [4.78, 5) is 11.7. The SMILES string of the molecule is CC(C)NC(=O)c1cc(-c2ccc(F)cc2)on1. The Hall–Kier alpha value is -2.17. The van der Waals surface area contributed by atoms with Crippen molar-refractivity contribution in [1.29, 1.82) is 0 Å². The van der Waals surface area contributed by atoms with Gasteiger partial charge >= 0.3 is 0 Å². The van der Waals surface area contributed by atoms with E-state index < -0.39 is 0 Å². The molecule has 0 aliphatic heterocycles. The van der Waals surface area contributed by atoms with E-state index in [1.165, 1.54) is 18.2 Å². The summed E-state index contributed by atoms with van der Waals surface area (Å²) in [6, 6.07) is 7.35. The largest absolute Gasteiger partial charge is 0.355 e. The van der Waals surface area contributed by atoms with Gasteiger partial charge in [0, 0.05) is 17.7 Å². The van der Waals surface area contributed by atoms with E-state index >= 15 is 0 Å². The van der Waals surface area contributed by atoms with Gasteiger partial charge in [0.25, 0.3) is 5.91 Å². The van der Waals surface area contributed by atoms with Crippen molar-refractivity contribution in [3.05, 3.63) is 41.8 Å². The maximum absolute atomic E-state index is 12.8. The molecular formula is C13H13FN2O2. The Kier molecular flexibility index (Phi) is 3.41. The standard InChI is InChI=1S/C13H13FN2O2/c1-8(2)15-13(17)11-7-12(18-16-11)9-3-5-10(14)6-4-9/h3-8H,1-2H3,(H,15,17). The fourth-order valence-corrected chi connectivity index (χ4v) is 1.47. The molecule has 1 amide bonds. The fraction of sp³-hybridized carbons (Fsp3) is 0.231. The van der Waals surface area contributed by atoms with Gasteiger partial charge in [-0.05, 0) is 38.1 Å². The molecule has 0 saturated heterocycles. The Morgan fingerprint density at radius 3 is 2.61 bits per heavy atom. The summed E-state index contributed by atoms with van der Waals surface area (Å²) in [6.07, 6.45) is 0. The van der Waals surface area contributed by atoms with Crippen LogP contribution in [-0.4, -0.2) is 17.1 Å². The molecule has 1 N–H and O–H groups in total. The van der Waals surface area contributed by atoms with Crippen molar-refractivity contribution in [1.82, 2.24) is 10.5 Å². The van der Waals surface area contributed by atoms with Crippen LogP contribution in [0.15, 0.2) is 34.9 Å². The molecular weight excluding hydrogens is 235 g/mol. The molecule has 1 heterocycles. The van der Waals surface area contributed by atoms with Gasteiger partial charge in [-0.2, -0.15) is 0 Å². The molecule has 1 aromatic heterocycles. The van der Waals surface area contributed by atoms with Gasteiger partial charge in [0.1, 0.15) is 5.82 Å². The Morgan fingerprint density at radius 2 is 2.00 bits per heavy atom. The predicted molar refractivity (Wildman–Crippen MR) is 64.5 cm³/mol. The number of aromatic nitrogens is 1. The number of halogens is 1. The third-order valence-corrected chi connectivity index (χ3v) is 2.29. The zero-order valence-corrected chi connectivity index (χ0v) is 10.1. The summed E-state index contributed by atoms with van der Waals surface area (Å²) in [5.74, 6) is -0.179. The third kappa shape index (κ3) is 2.74. The second-order valence-electron chi connectivity index (χ2n) is 4.21. The van der Waals surface area contributed by atoms with Crippen molar-refractivity contribution in [3.8, 4) is 11.3 Å². The number of benzene rings is 1. The van der Waals surface area contributed by atoms with Gasteiger partial charge in [-0.3, -0.25) is 4.79 Å². The lowest BCUT2D eigenvalue weighted by atomic mass is 10.1. The van der Waals surface area contributed by atoms with E-state index in [1.54, 1.807) is 12.1 Å². The maximum Gasteiger partial charge on any atom is 0.273 e. The summed E-state index contributed by atoms with van der Waals surface area (Å²) < 4.78 is 17.8. The van der Waals surface area contributed by atoms with Crippen LogP contribution in [0.1, 0.15) is 24.3 Å². The Morgan fingerprint density at radius 1 is 1.33 bits per heavy atom. The number of hydrogen-bond donors (Lipinski definition) is 1. The summed E-state index contributed by atoms with van der Waals surface area (Å²) in [5.41, 5.74) is 0.885. The minimum Gasteiger partial charge on any atom is -0.355 e. The van der Waals surface area contributed by atoms with Crippen LogP contribution in [0.4, 0.5) is 4.39 Å². The van der Waals surface area contributed by atoms with Crippen LogP contribution < -0.4 is 5.32 Å². The first-order valence-electron chi connectivity index (χ1n) is 5.60. The van der Waals surface area contributed by atoms with Crippen molar-refractivity contribution >= 4 is 5.91 Å². The van der Waals surface area contributed by atoms with E-state index in [0.29, 0.717) is 11.3 Å². The quantitative estimate of drug-likeness (QED) is 0.908. The lowest BCUT2D eigenvalue weighted by molar-refractivity contribution is 0.0934. The average molecular weight is 248 g/mol. The number of rotatable bonds is 3. The van der Waals surface area contributed by atoms with Gasteiger partial charge in [-0.15, -0.1) is 0 Å². The molecule has 0 unspecified atom stereocenters. The monoisotopic (exact) mass is 248 g/mol. The predicted octanol–water partition coefficient (Wildman–Crippen LogP) is 2.62. The molecule has 0 spiro atoms. The fourth-order valence-electron chi connectivity index (χ4n) is 1.47. The maximum atomic E-state index is 12.8. The van der Waals surface area contributed by atoms with Crippen LogP contribution in [0.25, 0.3) is 11.3 Å². The first-order valence-corrected chi connectivity index (χ1v) is 5.60. The van der Waals surface area contributed by atoms with Crippen molar-refractivity contribution in [2.45, 2.75) is 19.9 Å². The molecule has 1 aromatic carbocycles. The lowest BCUT2D eigenvalue weighted by Gasteiger charge is -2.04. The number of hydrogen-bond acceptors (Lipinski definition) is 3. The highest BCUT2D eigenvalue weighted by Crippen LogP contribution is 2.20. The van der Waals surface area contributed by atoms with Gasteiger partial charge in [-0.1, -0.05) is 5.16 Å². The van der Waals surface area contributed by atoms with Crippen LogP contribution in [0, 0.1) is 5.82 Å². The van der Waals surface area contributed by atoms with Crippen LogP contribution >= 0.6 is 0 Å². The van der Waals surface area contributed by atoms with E-state index in [4.69, 9.17) is 4.52 Å². The van der Waals surface area contributed by atoms with E-state index in [0.717, 1.165) is 0 Å². The molecule has 0 atom stereocenters. The molecule has 2 aromatic rings. The van der Waals surface area contributed by atoms with Crippen molar-refractivity contribution in [3.63, 3.8) is 0 Å². The van der Waals surface area contributed by atoms with Gasteiger partial charge in [0.2, 0.25) is 0 Å². The number of carbonyl (C=O) groups is 1. The third-order valence-electron chi connectivity index (χ3n) is 2.29. The van der Waals surface area contributed by atoms with Gasteiger partial charge in [-0.25, -0.2) is 4.39 Å². The number of carbonyl (C=O) groups excluding carboxylic acids is 1. The number of nitrogens with one attached hydrogen (secondary N) is 1. The van der Waals surface area contributed by atoms with Crippen LogP contribution in [-0.2, 0) is 0 Å². The minimum atomic E-state index is -0.323. The molecule has 0 aliphatic rings. The van der Waals surface area contributed by atoms with E-state index in [9.17, 15) is 9.18 Å². The van der Waals surface area contributed by atoms with Crippen molar-refractivity contribution < 1.29 is 13.7 Å². The van der Waals surface area contributed by atoms with Crippen molar-refractivity contribution in [2.24, 2.45) is 0 Å². The zero-order chi connectivity index (χ0) is 13.1. The number of nitrogens with zero attached hydrogens (tertiary/aromatic N) is 1. The highest BCUT2D eigenvalue weighted by Gasteiger charge is 2.14. The Bertz CT molecular complexity index is 546. The normalized spacial score (nSPS) is 10.7. The van der Waals surface area contributed by atoms with E-state index in [1.807, 2.05) is 13.8 Å². The molecule has 4 nitrogen and oxygen atoms in total. The van der Waals surface area contributed by atoms with E-state index in [2.05, 4.69) is 10.5 Å². The summed E-state index contributed by atoms with van der Waals surface area (Å²) in [7, 11) is 0. The number of amides is 1. The Balaban J connectivity index is 2.20. The van der Waals surface area contributed by atoms with E-state index in [-0.39, 0.29) is 23.5 Å². The second-order valence-corrected chi connectivity index (χ2v) is 4.21. The average Bonchev–Trinajstić information content (AvgIpc) is 2.78. The van der Waals surface area contributed by atoms with Gasteiger partial charge in [0.05, 0.1) is 0 Å². The molecule has 94 valence electrons. The lowest BCUT2D eigenvalue weighted by Crippen LogP contribution is -2.30. The summed E-state index contributed by atoms with van der Waals surface area (Å²) in [6.45, 7) is 3.72. The van der Waals surface area contributed by atoms with Crippen LogP contribution in [0.5, 0.6) is 0 Å². The van der Waals surface area contributed by atoms with Crippen LogP contribution in [0.3, 0.4) is 0 Å². The smallest absolute Gasteiger partial charge is 0.273 e. The summed E-state index contributed by atoms with van der Waals surface area (Å²) in [5, 5.41) is 6.40. The highest BCUT2D eigenvalue weighted by molar-refractivity contribution is 5.93. The first-order chi connectivity index (χ1) is 8.56. The topological polar surface area (TPSA) is 55.1 Å². The first kappa shape index (κ1) is 12.3. The Labute approximate surface area is 104 Å². The molecule has 0 fully saturated rings. The van der Waals surface area contributed by atoms with Gasteiger partial charge < -0.3 is 9.84 Å². The molecule has 18 heavy (non-hydrogen) atoms.